The number of rotatable bonds is 4. The number of nitrogens with zero attached hydrogens (tertiary/aromatic N) is 6. The van der Waals surface area contributed by atoms with Crippen LogP contribution in [0.25, 0.3) is 121 Å². The van der Waals surface area contributed by atoms with Gasteiger partial charge in [0, 0.05) is 48.5 Å². The van der Waals surface area contributed by atoms with Gasteiger partial charge >= 0.3 is 0 Å². The number of benzene rings is 10. The molecule has 0 saturated carbocycles. The third-order valence-corrected chi connectivity index (χ3v) is 15.6. The fourth-order valence-corrected chi connectivity index (χ4v) is 12.7. The largest absolute Gasteiger partial charge is 0.306 e. The maximum absolute atomic E-state index is 12.5. The standard InChI is InChI=1S/C65H40N6/c1-65(2)51-27-11-3-19-39(51)47-36-60-48(35-52(47)65)46-26-10-18-34-59(46)71(60)61-49(37-66)62(68-53-28-12-4-20-40(53)41-21-5-13-29-54(41)68)64(70-57-32-16-8-24-44(57)45-25-9-17-33-58(45)70)63(50(61)38-67)69-55-30-14-6-22-42(55)43-23-7-15-31-56(43)69/h3-36H,1-2H3. The summed E-state index contributed by atoms with van der Waals surface area (Å²) in [5.41, 5.74) is 15.6. The first-order chi connectivity index (χ1) is 35.0. The van der Waals surface area contributed by atoms with Crippen LogP contribution in [0.1, 0.15) is 36.1 Å². The monoisotopic (exact) mass is 904 g/mol. The predicted octanol–water partition coefficient (Wildman–Crippen LogP) is 16.1. The van der Waals surface area contributed by atoms with E-state index >= 15 is 0 Å². The molecule has 0 unspecified atom stereocenters. The summed E-state index contributed by atoms with van der Waals surface area (Å²) < 4.78 is 9.16. The first kappa shape index (κ1) is 39.4. The van der Waals surface area contributed by atoms with Crippen LogP contribution in [-0.4, -0.2) is 18.3 Å². The van der Waals surface area contributed by atoms with Gasteiger partial charge in [-0.3, -0.25) is 0 Å². The van der Waals surface area contributed by atoms with Crippen molar-refractivity contribution < 1.29 is 0 Å². The maximum atomic E-state index is 12.5. The summed E-state index contributed by atoms with van der Waals surface area (Å²) in [5.74, 6) is 0. The third-order valence-electron chi connectivity index (χ3n) is 15.6. The maximum Gasteiger partial charge on any atom is 0.104 e. The average Bonchev–Trinajstić information content (AvgIpc) is 4.19. The summed E-state index contributed by atoms with van der Waals surface area (Å²) in [6.45, 7) is 4.63. The van der Waals surface area contributed by atoms with E-state index in [-0.39, 0.29) is 5.41 Å². The Bertz CT molecular complexity index is 4450. The van der Waals surface area contributed by atoms with Gasteiger partial charge in [-0.15, -0.1) is 0 Å². The summed E-state index contributed by atoms with van der Waals surface area (Å²) in [6.07, 6.45) is 0. The highest BCUT2D eigenvalue weighted by Crippen LogP contribution is 2.53. The summed E-state index contributed by atoms with van der Waals surface area (Å²) in [6, 6.07) is 78.7. The minimum atomic E-state index is -0.240. The SMILES string of the molecule is CC1(C)c2ccccc2-c2cc3c(cc21)c1ccccc1n3-c1c(C#N)c(-n2c3ccccc3c3ccccc32)c(-n2c3ccccc3c3ccccc32)c(-n2c3ccccc3c3ccccc32)c1C#N. The van der Waals surface area contributed by atoms with Crippen LogP contribution in [0.5, 0.6) is 0 Å². The van der Waals surface area contributed by atoms with E-state index < -0.39 is 0 Å². The molecule has 1 aliphatic rings. The van der Waals surface area contributed by atoms with Gasteiger partial charge in [0.2, 0.25) is 0 Å². The molecule has 1 aliphatic carbocycles. The smallest absolute Gasteiger partial charge is 0.104 e. The van der Waals surface area contributed by atoms with E-state index in [1.54, 1.807) is 0 Å². The molecular formula is C65H40N6. The van der Waals surface area contributed by atoms with E-state index in [9.17, 15) is 10.5 Å². The fraction of sp³-hybridized carbons (Fsp3) is 0.0462. The molecule has 0 amide bonds. The van der Waals surface area contributed by atoms with Crippen molar-refractivity contribution in [2.24, 2.45) is 0 Å². The molecule has 0 atom stereocenters. The number of aromatic nitrogens is 4. The Morgan fingerprint density at radius 1 is 0.296 bits per heavy atom. The molecule has 10 aromatic carbocycles. The molecule has 15 rings (SSSR count). The van der Waals surface area contributed by atoms with Crippen LogP contribution in [0, 0.1) is 22.7 Å². The highest BCUT2D eigenvalue weighted by Gasteiger charge is 2.38. The number of fused-ring (bicyclic) bond motifs is 15. The van der Waals surface area contributed by atoms with E-state index in [0.29, 0.717) is 28.2 Å². The molecule has 4 heterocycles. The van der Waals surface area contributed by atoms with Crippen molar-refractivity contribution in [3.8, 4) is 46.0 Å². The fourth-order valence-electron chi connectivity index (χ4n) is 12.7. The summed E-state index contributed by atoms with van der Waals surface area (Å²) >= 11 is 0. The molecule has 330 valence electrons. The summed E-state index contributed by atoms with van der Waals surface area (Å²) in [5, 5.41) is 33.5. The Morgan fingerprint density at radius 3 is 0.986 bits per heavy atom. The Balaban J connectivity index is 1.26. The normalized spacial score (nSPS) is 13.0. The summed E-state index contributed by atoms with van der Waals surface area (Å²) in [4.78, 5) is 0. The van der Waals surface area contributed by atoms with Crippen molar-refractivity contribution in [3.63, 3.8) is 0 Å². The topological polar surface area (TPSA) is 67.3 Å². The lowest BCUT2D eigenvalue weighted by Gasteiger charge is -2.27. The molecule has 0 spiro atoms. The van der Waals surface area contributed by atoms with E-state index in [2.05, 4.69) is 251 Å². The van der Waals surface area contributed by atoms with Gasteiger partial charge in [-0.25, -0.2) is 0 Å². The van der Waals surface area contributed by atoms with Crippen molar-refractivity contribution in [2.75, 3.05) is 0 Å². The van der Waals surface area contributed by atoms with Gasteiger partial charge in [0.15, 0.2) is 0 Å². The lowest BCUT2D eigenvalue weighted by molar-refractivity contribution is 0.661. The molecule has 6 nitrogen and oxygen atoms in total. The number of nitriles is 2. The third kappa shape index (κ3) is 5.02. The molecule has 0 bridgehead atoms. The highest BCUT2D eigenvalue weighted by atomic mass is 15.1. The van der Waals surface area contributed by atoms with Crippen molar-refractivity contribution in [2.45, 2.75) is 19.3 Å². The Kier molecular flexibility index (Phi) is 7.88. The second-order valence-electron chi connectivity index (χ2n) is 19.4. The minimum Gasteiger partial charge on any atom is -0.306 e. The van der Waals surface area contributed by atoms with Crippen molar-refractivity contribution >= 4 is 87.2 Å². The van der Waals surface area contributed by atoms with Gasteiger partial charge in [0.1, 0.15) is 23.3 Å². The van der Waals surface area contributed by atoms with Gasteiger partial charge in [0.05, 0.1) is 66.9 Å². The van der Waals surface area contributed by atoms with Gasteiger partial charge in [-0.1, -0.05) is 166 Å². The van der Waals surface area contributed by atoms with Crippen LogP contribution < -0.4 is 0 Å². The van der Waals surface area contributed by atoms with Crippen LogP contribution in [0.4, 0.5) is 0 Å². The van der Waals surface area contributed by atoms with Gasteiger partial charge in [-0.05, 0) is 76.9 Å². The van der Waals surface area contributed by atoms with E-state index in [0.717, 1.165) is 98.5 Å². The summed E-state index contributed by atoms with van der Waals surface area (Å²) in [7, 11) is 0. The van der Waals surface area contributed by atoms with Crippen molar-refractivity contribution in [1.29, 1.82) is 10.5 Å². The quantitative estimate of drug-likeness (QED) is 0.177. The van der Waals surface area contributed by atoms with Crippen LogP contribution in [0.2, 0.25) is 0 Å². The van der Waals surface area contributed by atoms with Crippen LogP contribution >= 0.6 is 0 Å². The molecule has 0 radical (unpaired) electrons. The van der Waals surface area contributed by atoms with Crippen LogP contribution in [0.3, 0.4) is 0 Å². The first-order valence-corrected chi connectivity index (χ1v) is 24.2. The average molecular weight is 905 g/mol. The van der Waals surface area contributed by atoms with E-state index in [1.165, 1.54) is 16.7 Å². The molecular weight excluding hydrogens is 865 g/mol. The highest BCUT2D eigenvalue weighted by molar-refractivity contribution is 6.16. The Labute approximate surface area is 407 Å². The van der Waals surface area contributed by atoms with Crippen molar-refractivity contribution in [1.82, 2.24) is 18.3 Å². The van der Waals surface area contributed by atoms with E-state index in [1.807, 2.05) is 0 Å². The first-order valence-electron chi connectivity index (χ1n) is 24.2. The molecule has 0 N–H and O–H groups in total. The molecule has 4 aromatic heterocycles. The molecule has 71 heavy (non-hydrogen) atoms. The minimum absolute atomic E-state index is 0.240. The van der Waals surface area contributed by atoms with Crippen molar-refractivity contribution in [3.05, 3.63) is 229 Å². The van der Waals surface area contributed by atoms with Gasteiger partial charge in [-0.2, -0.15) is 10.5 Å². The molecule has 0 aliphatic heterocycles. The lowest BCUT2D eigenvalue weighted by atomic mass is 9.82. The number of hydrogen-bond acceptors (Lipinski definition) is 2. The molecule has 0 fully saturated rings. The van der Waals surface area contributed by atoms with Crippen LogP contribution in [-0.2, 0) is 5.41 Å². The van der Waals surface area contributed by atoms with Gasteiger partial charge < -0.3 is 18.3 Å². The molecule has 6 heteroatoms. The predicted molar refractivity (Wildman–Crippen MR) is 291 cm³/mol. The van der Waals surface area contributed by atoms with Gasteiger partial charge in [0.25, 0.3) is 0 Å². The van der Waals surface area contributed by atoms with E-state index in [4.69, 9.17) is 0 Å². The zero-order valence-corrected chi connectivity index (χ0v) is 38.8. The number of para-hydroxylation sites is 7. The van der Waals surface area contributed by atoms with Crippen LogP contribution in [0.15, 0.2) is 206 Å². The second-order valence-corrected chi connectivity index (χ2v) is 19.4. The zero-order chi connectivity index (χ0) is 47.3. The zero-order valence-electron chi connectivity index (χ0n) is 38.8. The number of hydrogen-bond donors (Lipinski definition) is 0. The molecule has 14 aromatic rings. The Morgan fingerprint density at radius 2 is 0.606 bits per heavy atom. The second kappa shape index (κ2) is 14.2. The molecule has 0 saturated heterocycles. The Hall–Kier alpha value is -9.62. The lowest BCUT2D eigenvalue weighted by Crippen LogP contribution is -2.17.